The van der Waals surface area contributed by atoms with Crippen LogP contribution in [0.5, 0.6) is 0 Å². The zero-order chi connectivity index (χ0) is 19.2. The molecule has 0 aliphatic rings. The normalized spacial score (nSPS) is 11.6. The molecule has 2 N–H and O–H groups in total. The maximum absolute atomic E-state index is 12.5. The predicted molar refractivity (Wildman–Crippen MR) is 108 cm³/mol. The average Bonchev–Trinajstić information content (AvgIpc) is 3.19. The van der Waals surface area contributed by atoms with E-state index in [9.17, 15) is 9.59 Å². The van der Waals surface area contributed by atoms with Crippen LogP contribution in [0.25, 0.3) is 0 Å². The van der Waals surface area contributed by atoms with Crippen molar-refractivity contribution in [1.82, 2.24) is 5.32 Å². The van der Waals surface area contributed by atoms with Crippen molar-refractivity contribution >= 4 is 33.4 Å². The minimum absolute atomic E-state index is 0.0277. The van der Waals surface area contributed by atoms with E-state index >= 15 is 0 Å². The molecule has 2 aromatic carbocycles. The van der Waals surface area contributed by atoms with Gasteiger partial charge in [0.1, 0.15) is 0 Å². The SMILES string of the molecule is CC(Cc1ccc(Br)cc1)NC(=O)c1cccc(NC(=O)c2ccco2)c1. The number of carbonyl (C=O) groups is 2. The molecule has 2 amide bonds. The molecule has 0 fully saturated rings. The summed E-state index contributed by atoms with van der Waals surface area (Å²) in [5, 5.41) is 5.71. The van der Waals surface area contributed by atoms with Gasteiger partial charge in [-0.3, -0.25) is 9.59 Å². The first kappa shape index (κ1) is 18.9. The molecule has 1 atom stereocenters. The summed E-state index contributed by atoms with van der Waals surface area (Å²) in [7, 11) is 0. The summed E-state index contributed by atoms with van der Waals surface area (Å²) in [5.41, 5.74) is 2.16. The molecule has 0 spiro atoms. The summed E-state index contributed by atoms with van der Waals surface area (Å²) in [6, 6.07) is 18.0. The molecule has 0 saturated heterocycles. The Hall–Kier alpha value is -2.86. The van der Waals surface area contributed by atoms with Gasteiger partial charge in [-0.25, -0.2) is 0 Å². The highest BCUT2D eigenvalue weighted by Crippen LogP contribution is 2.14. The van der Waals surface area contributed by atoms with Gasteiger partial charge in [0.25, 0.3) is 11.8 Å². The van der Waals surface area contributed by atoms with Gasteiger partial charge < -0.3 is 15.1 Å². The van der Waals surface area contributed by atoms with Crippen molar-refractivity contribution in [2.75, 3.05) is 5.32 Å². The molecular weight excluding hydrogens is 408 g/mol. The molecule has 1 heterocycles. The molecule has 1 unspecified atom stereocenters. The van der Waals surface area contributed by atoms with E-state index in [0.29, 0.717) is 11.3 Å². The Bertz CT molecular complexity index is 921. The van der Waals surface area contributed by atoms with Crippen LogP contribution in [0.4, 0.5) is 5.69 Å². The van der Waals surface area contributed by atoms with Gasteiger partial charge in [-0.15, -0.1) is 0 Å². The smallest absolute Gasteiger partial charge is 0.291 e. The third kappa shape index (κ3) is 5.31. The molecule has 6 heteroatoms. The molecule has 0 aliphatic carbocycles. The predicted octanol–water partition coefficient (Wildman–Crippen LogP) is 4.66. The number of carbonyl (C=O) groups excluding carboxylic acids is 2. The van der Waals surface area contributed by atoms with Crippen LogP contribution in [0, 0.1) is 0 Å². The van der Waals surface area contributed by atoms with Gasteiger partial charge in [-0.05, 0) is 61.4 Å². The van der Waals surface area contributed by atoms with Gasteiger partial charge in [-0.2, -0.15) is 0 Å². The van der Waals surface area contributed by atoms with E-state index < -0.39 is 0 Å². The molecular formula is C21H19BrN2O3. The zero-order valence-electron chi connectivity index (χ0n) is 14.7. The maximum atomic E-state index is 12.5. The van der Waals surface area contributed by atoms with Crippen LogP contribution < -0.4 is 10.6 Å². The standard InChI is InChI=1S/C21H19BrN2O3/c1-14(12-15-7-9-17(22)10-8-15)23-20(25)16-4-2-5-18(13-16)24-21(26)19-6-3-11-27-19/h2-11,13-14H,12H2,1H3,(H,23,25)(H,24,26). The first-order valence-corrected chi connectivity index (χ1v) is 9.31. The summed E-state index contributed by atoms with van der Waals surface area (Å²) in [5.74, 6) is -0.331. The van der Waals surface area contributed by atoms with E-state index in [1.54, 1.807) is 36.4 Å². The zero-order valence-corrected chi connectivity index (χ0v) is 16.3. The highest BCUT2D eigenvalue weighted by molar-refractivity contribution is 9.10. The minimum atomic E-state index is -0.360. The molecule has 0 saturated carbocycles. The van der Waals surface area contributed by atoms with Crippen LogP contribution in [0.3, 0.4) is 0 Å². The lowest BCUT2D eigenvalue weighted by Crippen LogP contribution is -2.34. The lowest BCUT2D eigenvalue weighted by molar-refractivity contribution is 0.0938. The molecule has 5 nitrogen and oxygen atoms in total. The Morgan fingerprint density at radius 2 is 1.81 bits per heavy atom. The third-order valence-corrected chi connectivity index (χ3v) is 4.49. The second kappa shape index (κ2) is 8.68. The summed E-state index contributed by atoms with van der Waals surface area (Å²) >= 11 is 3.41. The van der Waals surface area contributed by atoms with Crippen LogP contribution in [0.1, 0.15) is 33.4 Å². The lowest BCUT2D eigenvalue weighted by atomic mass is 10.1. The van der Waals surface area contributed by atoms with Crippen LogP contribution in [-0.2, 0) is 6.42 Å². The largest absolute Gasteiger partial charge is 0.459 e. The van der Waals surface area contributed by atoms with Crippen molar-refractivity contribution in [3.63, 3.8) is 0 Å². The number of amides is 2. The fourth-order valence-electron chi connectivity index (χ4n) is 2.67. The molecule has 0 bridgehead atoms. The van der Waals surface area contributed by atoms with Crippen molar-refractivity contribution in [2.45, 2.75) is 19.4 Å². The summed E-state index contributed by atoms with van der Waals surface area (Å²) in [4.78, 5) is 24.6. The molecule has 3 aromatic rings. The third-order valence-electron chi connectivity index (χ3n) is 3.96. The number of hydrogen-bond donors (Lipinski definition) is 2. The van der Waals surface area contributed by atoms with Crippen molar-refractivity contribution in [3.05, 3.63) is 88.3 Å². The van der Waals surface area contributed by atoms with E-state index in [1.165, 1.54) is 6.26 Å². The second-order valence-electron chi connectivity index (χ2n) is 6.22. The Morgan fingerprint density at radius 1 is 1.04 bits per heavy atom. The van der Waals surface area contributed by atoms with Gasteiger partial charge in [-0.1, -0.05) is 34.1 Å². The van der Waals surface area contributed by atoms with E-state index in [0.717, 1.165) is 16.5 Å². The monoisotopic (exact) mass is 426 g/mol. The molecule has 0 radical (unpaired) electrons. The van der Waals surface area contributed by atoms with E-state index in [2.05, 4.69) is 26.6 Å². The van der Waals surface area contributed by atoms with Crippen LogP contribution in [-0.4, -0.2) is 17.9 Å². The Morgan fingerprint density at radius 3 is 2.52 bits per heavy atom. The topological polar surface area (TPSA) is 71.3 Å². The van der Waals surface area contributed by atoms with Crippen molar-refractivity contribution in [3.8, 4) is 0 Å². The van der Waals surface area contributed by atoms with E-state index in [1.807, 2.05) is 31.2 Å². The number of furan rings is 1. The van der Waals surface area contributed by atoms with Gasteiger partial charge >= 0.3 is 0 Å². The van der Waals surface area contributed by atoms with Crippen LogP contribution >= 0.6 is 15.9 Å². The van der Waals surface area contributed by atoms with E-state index in [-0.39, 0.29) is 23.6 Å². The quantitative estimate of drug-likeness (QED) is 0.602. The molecule has 0 aliphatic heterocycles. The average molecular weight is 427 g/mol. The first-order valence-electron chi connectivity index (χ1n) is 8.51. The van der Waals surface area contributed by atoms with Gasteiger partial charge in [0, 0.05) is 21.8 Å². The van der Waals surface area contributed by atoms with Gasteiger partial charge in [0.05, 0.1) is 6.26 Å². The van der Waals surface area contributed by atoms with Crippen molar-refractivity contribution in [1.29, 1.82) is 0 Å². The molecule has 27 heavy (non-hydrogen) atoms. The van der Waals surface area contributed by atoms with Gasteiger partial charge in [0.15, 0.2) is 5.76 Å². The number of anilines is 1. The van der Waals surface area contributed by atoms with Crippen molar-refractivity contribution in [2.24, 2.45) is 0 Å². The first-order chi connectivity index (χ1) is 13.0. The summed E-state index contributed by atoms with van der Waals surface area (Å²) < 4.78 is 6.09. The Balaban J connectivity index is 1.61. The fraction of sp³-hybridized carbons (Fsp3) is 0.143. The molecule has 3 rings (SSSR count). The number of hydrogen-bond acceptors (Lipinski definition) is 3. The Kier molecular flexibility index (Phi) is 6.08. The van der Waals surface area contributed by atoms with Gasteiger partial charge in [0.2, 0.25) is 0 Å². The van der Waals surface area contributed by atoms with Crippen LogP contribution in [0.2, 0.25) is 0 Å². The maximum Gasteiger partial charge on any atom is 0.291 e. The molecule has 1 aromatic heterocycles. The lowest BCUT2D eigenvalue weighted by Gasteiger charge is -2.14. The highest BCUT2D eigenvalue weighted by Gasteiger charge is 2.13. The van der Waals surface area contributed by atoms with Crippen molar-refractivity contribution < 1.29 is 14.0 Å². The highest BCUT2D eigenvalue weighted by atomic mass is 79.9. The Labute approximate surface area is 165 Å². The number of nitrogens with one attached hydrogen (secondary N) is 2. The summed E-state index contributed by atoms with van der Waals surface area (Å²) in [6.45, 7) is 1.96. The van der Waals surface area contributed by atoms with E-state index in [4.69, 9.17) is 4.42 Å². The molecule has 138 valence electrons. The number of halogens is 1. The van der Waals surface area contributed by atoms with Crippen LogP contribution in [0.15, 0.2) is 75.8 Å². The number of rotatable bonds is 6. The minimum Gasteiger partial charge on any atom is -0.459 e. The second-order valence-corrected chi connectivity index (χ2v) is 7.13. The fourth-order valence-corrected chi connectivity index (χ4v) is 2.94. The summed E-state index contributed by atoms with van der Waals surface area (Å²) in [6.07, 6.45) is 2.17. The number of benzene rings is 2.